The molecule has 0 aliphatic carbocycles. The molecule has 0 unspecified atom stereocenters. The molecule has 0 bridgehead atoms. The Bertz CT molecular complexity index is 1450. The lowest BCUT2D eigenvalue weighted by Crippen LogP contribution is -2.66. The van der Waals surface area contributed by atoms with Crippen LogP contribution in [-0.2, 0) is 52.4 Å². The third kappa shape index (κ3) is 13.2. The highest BCUT2D eigenvalue weighted by molar-refractivity contribution is 6.31. The molecule has 6 atom stereocenters. The van der Waals surface area contributed by atoms with Crippen LogP contribution in [0.5, 0.6) is 0 Å². The fourth-order valence-electron chi connectivity index (χ4n) is 4.60. The quantitative estimate of drug-likeness (QED) is 0.138. The molecular weight excluding hydrogens is 694 g/mol. The Morgan fingerprint density at radius 1 is 0.731 bits per heavy atom. The zero-order chi connectivity index (χ0) is 39.8. The maximum atomic E-state index is 13.6. The van der Waals surface area contributed by atoms with Gasteiger partial charge in [-0.05, 0) is 108 Å². The molecule has 0 spiro atoms. The molecule has 1 aromatic rings. The molecule has 1 aliphatic heterocycles. The van der Waals surface area contributed by atoms with Crippen molar-refractivity contribution in [3.63, 3.8) is 0 Å². The Balaban J connectivity index is 2.83. The minimum atomic E-state index is -1.43. The molecule has 1 saturated heterocycles. The standard InChI is InChI=1S/C39H58ClNO11/c1-14-47-27(42)21-17-20-25(23-18-15-16-19-24(23)40)41-31-30(52-35(46)39(11,12)13)29(51-34(45)38(8,9)10)28(50-33(44)37(5,6)7)26(49-31)22-48-32(43)36(2,3)4/h15-19,21,25-26,28-31,41H,14,20,22H2,1-13H3/b21-17+/t25-,26+,28-,29-,30+,31+/m0/s1. The molecule has 0 amide bonds. The first-order valence-electron chi connectivity index (χ1n) is 17.6. The Labute approximate surface area is 313 Å². The van der Waals surface area contributed by atoms with Crippen molar-refractivity contribution in [2.24, 2.45) is 21.7 Å². The molecule has 292 valence electrons. The number of halogens is 1. The number of nitrogens with one attached hydrogen (secondary N) is 1. The van der Waals surface area contributed by atoms with E-state index in [2.05, 4.69) is 5.32 Å². The van der Waals surface area contributed by atoms with E-state index in [9.17, 15) is 24.0 Å². The summed E-state index contributed by atoms with van der Waals surface area (Å²) in [7, 11) is 0. The second-order valence-electron chi connectivity index (χ2n) is 16.9. The maximum Gasteiger partial charge on any atom is 0.330 e. The van der Waals surface area contributed by atoms with Crippen LogP contribution in [0.2, 0.25) is 5.02 Å². The van der Waals surface area contributed by atoms with Gasteiger partial charge in [0.05, 0.1) is 28.3 Å². The monoisotopic (exact) mass is 751 g/mol. The smallest absolute Gasteiger partial charge is 0.330 e. The van der Waals surface area contributed by atoms with Gasteiger partial charge in [0.15, 0.2) is 24.5 Å². The van der Waals surface area contributed by atoms with Gasteiger partial charge in [-0.2, -0.15) is 0 Å². The number of carbonyl (C=O) groups excluding carboxylic acids is 5. The first-order valence-corrected chi connectivity index (χ1v) is 17.9. The van der Waals surface area contributed by atoms with E-state index in [1.54, 1.807) is 120 Å². The lowest BCUT2D eigenvalue weighted by molar-refractivity contribution is -0.266. The van der Waals surface area contributed by atoms with Crippen molar-refractivity contribution in [3.8, 4) is 0 Å². The summed E-state index contributed by atoms with van der Waals surface area (Å²) in [5, 5.41) is 3.76. The highest BCUT2D eigenvalue weighted by atomic mass is 35.5. The first-order chi connectivity index (χ1) is 23.8. The number of esters is 5. The van der Waals surface area contributed by atoms with Crippen LogP contribution in [-0.4, -0.2) is 73.7 Å². The Morgan fingerprint density at radius 3 is 1.69 bits per heavy atom. The van der Waals surface area contributed by atoms with E-state index in [0.29, 0.717) is 10.6 Å². The molecule has 13 heteroatoms. The van der Waals surface area contributed by atoms with Gasteiger partial charge in [-0.25, -0.2) is 4.79 Å². The van der Waals surface area contributed by atoms with Crippen LogP contribution < -0.4 is 5.32 Å². The second kappa shape index (κ2) is 18.0. The molecule has 1 heterocycles. The summed E-state index contributed by atoms with van der Waals surface area (Å²) in [6.45, 7) is 21.5. The van der Waals surface area contributed by atoms with Gasteiger partial charge in [-0.3, -0.25) is 24.5 Å². The first kappa shape index (κ1) is 44.7. The molecular formula is C39H58ClNO11. The predicted octanol–water partition coefficient (Wildman–Crippen LogP) is 6.67. The van der Waals surface area contributed by atoms with Gasteiger partial charge in [0, 0.05) is 17.1 Å². The van der Waals surface area contributed by atoms with Crippen molar-refractivity contribution >= 4 is 41.4 Å². The van der Waals surface area contributed by atoms with Crippen molar-refractivity contribution < 1.29 is 52.4 Å². The van der Waals surface area contributed by atoms with Crippen molar-refractivity contribution in [1.29, 1.82) is 0 Å². The summed E-state index contributed by atoms with van der Waals surface area (Å²) in [5.74, 6) is -3.07. The topological polar surface area (TPSA) is 153 Å². The zero-order valence-electron chi connectivity index (χ0n) is 32.9. The van der Waals surface area contributed by atoms with E-state index in [-0.39, 0.29) is 13.0 Å². The fraction of sp³-hybridized carbons (Fsp3) is 0.667. The van der Waals surface area contributed by atoms with E-state index in [1.165, 1.54) is 6.08 Å². The molecule has 0 radical (unpaired) electrons. The van der Waals surface area contributed by atoms with Crippen LogP contribution in [0.4, 0.5) is 0 Å². The minimum Gasteiger partial charge on any atom is -0.463 e. The summed E-state index contributed by atoms with van der Waals surface area (Å²) < 4.78 is 35.6. The van der Waals surface area contributed by atoms with Gasteiger partial charge in [-0.15, -0.1) is 0 Å². The summed E-state index contributed by atoms with van der Waals surface area (Å²) in [6.07, 6.45) is -3.61. The highest BCUT2D eigenvalue weighted by Crippen LogP contribution is 2.35. The van der Waals surface area contributed by atoms with Crippen molar-refractivity contribution in [2.45, 2.75) is 133 Å². The number of hydrogen-bond donors (Lipinski definition) is 1. The molecule has 12 nitrogen and oxygen atoms in total. The van der Waals surface area contributed by atoms with Crippen LogP contribution in [0.15, 0.2) is 36.4 Å². The summed E-state index contributed by atoms with van der Waals surface area (Å²) in [5.41, 5.74) is -3.30. The maximum absolute atomic E-state index is 13.6. The van der Waals surface area contributed by atoms with Crippen LogP contribution in [0.25, 0.3) is 0 Å². The van der Waals surface area contributed by atoms with Crippen LogP contribution in [0, 0.1) is 21.7 Å². The Hall–Kier alpha value is -3.48. The lowest BCUT2D eigenvalue weighted by atomic mass is 9.92. The van der Waals surface area contributed by atoms with Gasteiger partial charge < -0.3 is 28.4 Å². The van der Waals surface area contributed by atoms with Gasteiger partial charge in [0.1, 0.15) is 12.7 Å². The van der Waals surface area contributed by atoms with E-state index in [0.717, 1.165) is 0 Å². The van der Waals surface area contributed by atoms with Crippen LogP contribution in [0.1, 0.15) is 108 Å². The van der Waals surface area contributed by atoms with Crippen molar-refractivity contribution in [1.82, 2.24) is 5.32 Å². The summed E-state index contributed by atoms with van der Waals surface area (Å²) in [4.78, 5) is 65.9. The summed E-state index contributed by atoms with van der Waals surface area (Å²) >= 11 is 6.67. The number of ether oxygens (including phenoxy) is 6. The SMILES string of the molecule is CCOC(=O)/C=C/C[C@H](N[C@@H]1O[C@H](COC(=O)C(C)(C)C)[C@H](OC(=O)C(C)(C)C)[C@H](OC(=O)C(C)(C)C)[C@H]1OC(=O)C(C)(C)C)c1ccccc1Cl. The molecule has 52 heavy (non-hydrogen) atoms. The molecule has 0 saturated carbocycles. The highest BCUT2D eigenvalue weighted by Gasteiger charge is 2.55. The van der Waals surface area contributed by atoms with E-state index < -0.39 is 94.8 Å². The Kier molecular flexibility index (Phi) is 15.5. The summed E-state index contributed by atoms with van der Waals surface area (Å²) in [6, 6.07) is 6.35. The fourth-order valence-corrected chi connectivity index (χ4v) is 4.86. The van der Waals surface area contributed by atoms with E-state index in [1.807, 2.05) is 0 Å². The predicted molar refractivity (Wildman–Crippen MR) is 195 cm³/mol. The van der Waals surface area contributed by atoms with Gasteiger partial charge >= 0.3 is 29.8 Å². The molecule has 1 aliphatic rings. The molecule has 2 rings (SSSR count). The zero-order valence-corrected chi connectivity index (χ0v) is 33.7. The normalized spacial score (nSPS) is 21.9. The molecule has 1 fully saturated rings. The average Bonchev–Trinajstić information content (AvgIpc) is 3.00. The molecule has 1 aromatic carbocycles. The lowest BCUT2D eigenvalue weighted by Gasteiger charge is -2.47. The van der Waals surface area contributed by atoms with Gasteiger partial charge in [0.25, 0.3) is 0 Å². The van der Waals surface area contributed by atoms with Crippen LogP contribution in [0.3, 0.4) is 0 Å². The number of benzene rings is 1. The molecule has 0 aromatic heterocycles. The largest absolute Gasteiger partial charge is 0.463 e. The van der Waals surface area contributed by atoms with Crippen molar-refractivity contribution in [3.05, 3.63) is 47.0 Å². The number of rotatable bonds is 12. The molecule has 1 N–H and O–H groups in total. The average molecular weight is 752 g/mol. The Morgan fingerprint density at radius 2 is 1.21 bits per heavy atom. The second-order valence-corrected chi connectivity index (χ2v) is 17.3. The third-order valence-electron chi connectivity index (χ3n) is 7.75. The number of carbonyl (C=O) groups is 5. The van der Waals surface area contributed by atoms with E-state index in [4.69, 9.17) is 40.0 Å². The number of hydrogen-bond acceptors (Lipinski definition) is 12. The minimum absolute atomic E-state index is 0.181. The van der Waals surface area contributed by atoms with Gasteiger partial charge in [0.2, 0.25) is 0 Å². The van der Waals surface area contributed by atoms with E-state index >= 15 is 0 Å². The van der Waals surface area contributed by atoms with Gasteiger partial charge in [-0.1, -0.05) is 35.9 Å². The third-order valence-corrected chi connectivity index (χ3v) is 8.09. The van der Waals surface area contributed by atoms with Crippen LogP contribution >= 0.6 is 11.6 Å². The van der Waals surface area contributed by atoms with Crippen molar-refractivity contribution in [2.75, 3.05) is 13.2 Å².